The van der Waals surface area contributed by atoms with E-state index in [1.54, 1.807) is 12.1 Å². The highest BCUT2D eigenvalue weighted by Crippen LogP contribution is 2.44. The Morgan fingerprint density at radius 3 is 3.00 bits per heavy atom. The molecule has 14 heavy (non-hydrogen) atoms. The number of carbonyl (C=O) groups is 1. The number of benzene rings is 1. The Bertz CT molecular complexity index is 396. The first-order valence-electron chi connectivity index (χ1n) is 4.07. The molecule has 1 aromatic carbocycles. The van der Waals surface area contributed by atoms with E-state index < -0.39 is 5.91 Å². The van der Waals surface area contributed by atoms with E-state index in [2.05, 4.69) is 0 Å². The number of primary amides is 1. The van der Waals surface area contributed by atoms with Crippen LogP contribution in [0.2, 0.25) is 0 Å². The van der Waals surface area contributed by atoms with E-state index in [1.807, 2.05) is 18.0 Å². The third-order valence-electron chi connectivity index (χ3n) is 2.15. The lowest BCUT2D eigenvalue weighted by molar-refractivity contribution is 0.1000. The molecule has 1 atom stereocenters. The summed E-state index contributed by atoms with van der Waals surface area (Å²) in [5.74, 6) is -0.408. The lowest BCUT2D eigenvalue weighted by Gasteiger charge is -2.14. The quantitative estimate of drug-likeness (QED) is 0.590. The van der Waals surface area contributed by atoms with Crippen molar-refractivity contribution in [2.75, 3.05) is 11.9 Å². The Morgan fingerprint density at radius 2 is 2.36 bits per heavy atom. The van der Waals surface area contributed by atoms with Gasteiger partial charge in [-0.25, -0.2) is 0 Å². The zero-order valence-electron chi connectivity index (χ0n) is 7.53. The smallest absolute Gasteiger partial charge is 0.248 e. The maximum atomic E-state index is 10.9. The number of halogens is 1. The van der Waals surface area contributed by atoms with E-state index in [9.17, 15) is 4.79 Å². The van der Waals surface area contributed by atoms with Crippen molar-refractivity contribution in [1.29, 1.82) is 0 Å². The van der Waals surface area contributed by atoms with Gasteiger partial charge in [0.15, 0.2) is 4.83 Å². The minimum Gasteiger partial charge on any atom is -0.366 e. The summed E-state index contributed by atoms with van der Waals surface area (Å²) in [5.41, 5.74) is 6.75. The van der Waals surface area contributed by atoms with Crippen LogP contribution in [0.25, 0.3) is 0 Å². The van der Waals surface area contributed by atoms with Crippen molar-refractivity contribution in [1.82, 2.24) is 0 Å². The Hall–Kier alpha value is -0.870. The van der Waals surface area contributed by atoms with E-state index >= 15 is 0 Å². The second-order valence-corrected chi connectivity index (χ2v) is 4.86. The van der Waals surface area contributed by atoms with Crippen LogP contribution in [-0.4, -0.2) is 17.8 Å². The highest BCUT2D eigenvalue weighted by molar-refractivity contribution is 8.01. The lowest BCUT2D eigenvalue weighted by Crippen LogP contribution is -2.18. The number of alkyl halides is 1. The van der Waals surface area contributed by atoms with Gasteiger partial charge in [0, 0.05) is 17.5 Å². The topological polar surface area (TPSA) is 46.3 Å². The molecule has 0 fully saturated rings. The zero-order valence-corrected chi connectivity index (χ0v) is 9.10. The van der Waals surface area contributed by atoms with Crippen LogP contribution in [-0.2, 0) is 0 Å². The standard InChI is InChI=1S/C9H9ClN2OS/c1-12-6-3-2-5(8(11)13)4-7(6)14-9(12)10/h2-4,9H,1H3,(H2,11,13). The van der Waals surface area contributed by atoms with Crippen molar-refractivity contribution in [2.45, 2.75) is 9.73 Å². The molecule has 1 unspecified atom stereocenters. The summed E-state index contributed by atoms with van der Waals surface area (Å²) in [6, 6.07) is 5.36. The molecular weight excluding hydrogens is 220 g/mol. The predicted molar refractivity (Wildman–Crippen MR) is 58.9 cm³/mol. The maximum Gasteiger partial charge on any atom is 0.248 e. The Labute approximate surface area is 91.2 Å². The summed E-state index contributed by atoms with van der Waals surface area (Å²) in [6.45, 7) is 0. The second-order valence-electron chi connectivity index (χ2n) is 3.07. The van der Waals surface area contributed by atoms with Gasteiger partial charge < -0.3 is 10.6 Å². The van der Waals surface area contributed by atoms with E-state index in [0.717, 1.165) is 10.6 Å². The van der Waals surface area contributed by atoms with Crippen LogP contribution in [0.1, 0.15) is 10.4 Å². The number of anilines is 1. The number of amides is 1. The molecule has 0 saturated heterocycles. The Kier molecular flexibility index (Phi) is 2.33. The number of nitrogens with two attached hydrogens (primary N) is 1. The van der Waals surface area contributed by atoms with Crippen LogP contribution in [0.3, 0.4) is 0 Å². The molecule has 2 N–H and O–H groups in total. The molecule has 74 valence electrons. The molecule has 0 spiro atoms. The number of thioether (sulfide) groups is 1. The molecule has 0 aromatic heterocycles. The van der Waals surface area contributed by atoms with Crippen LogP contribution >= 0.6 is 23.4 Å². The van der Waals surface area contributed by atoms with Gasteiger partial charge in [-0.3, -0.25) is 4.79 Å². The molecule has 1 aliphatic rings. The molecule has 2 rings (SSSR count). The van der Waals surface area contributed by atoms with Gasteiger partial charge >= 0.3 is 0 Å². The number of carbonyl (C=O) groups excluding carboxylic acids is 1. The summed E-state index contributed by atoms with van der Waals surface area (Å²) in [7, 11) is 1.92. The van der Waals surface area contributed by atoms with Crippen LogP contribution < -0.4 is 10.6 Å². The number of fused-ring (bicyclic) bond motifs is 1. The summed E-state index contributed by atoms with van der Waals surface area (Å²) >= 11 is 7.55. The minimum atomic E-state index is -0.408. The molecule has 1 aliphatic heterocycles. The SMILES string of the molecule is CN1c2ccc(C(N)=O)cc2SC1Cl. The highest BCUT2D eigenvalue weighted by Gasteiger charge is 2.25. The monoisotopic (exact) mass is 228 g/mol. The van der Waals surface area contributed by atoms with Crippen LogP contribution in [0.5, 0.6) is 0 Å². The van der Waals surface area contributed by atoms with Crippen molar-refractivity contribution in [3.8, 4) is 0 Å². The molecule has 5 heteroatoms. The number of hydrogen-bond acceptors (Lipinski definition) is 3. The predicted octanol–water partition coefficient (Wildman–Crippen LogP) is 1.85. The number of hydrogen-bond donors (Lipinski definition) is 1. The summed E-state index contributed by atoms with van der Waals surface area (Å²) in [4.78, 5) is 13.8. The molecule has 1 amide bonds. The fraction of sp³-hybridized carbons (Fsp3) is 0.222. The summed E-state index contributed by atoms with van der Waals surface area (Å²) in [5, 5.41) is 0. The fourth-order valence-electron chi connectivity index (χ4n) is 1.35. The van der Waals surface area contributed by atoms with Crippen molar-refractivity contribution in [3.63, 3.8) is 0 Å². The normalized spacial score (nSPS) is 19.6. The van der Waals surface area contributed by atoms with E-state index in [1.165, 1.54) is 11.8 Å². The highest BCUT2D eigenvalue weighted by atomic mass is 35.5. The van der Waals surface area contributed by atoms with E-state index in [-0.39, 0.29) is 4.83 Å². The molecule has 0 saturated carbocycles. The molecule has 0 aliphatic carbocycles. The third-order valence-corrected chi connectivity index (χ3v) is 3.80. The average Bonchev–Trinajstić information content (AvgIpc) is 2.42. The molecular formula is C9H9ClN2OS. The largest absolute Gasteiger partial charge is 0.366 e. The van der Waals surface area contributed by atoms with Crippen LogP contribution in [0.15, 0.2) is 23.1 Å². The van der Waals surface area contributed by atoms with Crippen LogP contribution in [0, 0.1) is 0 Å². The van der Waals surface area contributed by atoms with Gasteiger partial charge in [-0.2, -0.15) is 0 Å². The third kappa shape index (κ3) is 1.44. The van der Waals surface area contributed by atoms with E-state index in [4.69, 9.17) is 17.3 Å². The molecule has 0 bridgehead atoms. The van der Waals surface area contributed by atoms with Gasteiger partial charge in [0.1, 0.15) is 0 Å². The van der Waals surface area contributed by atoms with Crippen molar-refractivity contribution in [3.05, 3.63) is 23.8 Å². The van der Waals surface area contributed by atoms with Gasteiger partial charge in [0.25, 0.3) is 0 Å². The van der Waals surface area contributed by atoms with Crippen LogP contribution in [0.4, 0.5) is 5.69 Å². The summed E-state index contributed by atoms with van der Waals surface area (Å²) in [6.07, 6.45) is 0. The fourth-order valence-corrected chi connectivity index (χ4v) is 2.75. The van der Waals surface area contributed by atoms with Gasteiger partial charge in [-0.1, -0.05) is 23.4 Å². The van der Waals surface area contributed by atoms with Gasteiger partial charge in [0.05, 0.1) is 5.69 Å². The van der Waals surface area contributed by atoms with Gasteiger partial charge in [-0.05, 0) is 18.2 Å². The second kappa shape index (κ2) is 3.37. The van der Waals surface area contributed by atoms with Gasteiger partial charge in [-0.15, -0.1) is 0 Å². The first kappa shape index (κ1) is 9.68. The Morgan fingerprint density at radius 1 is 1.64 bits per heavy atom. The summed E-state index contributed by atoms with van der Waals surface area (Å²) < 4.78 is 0. The van der Waals surface area contributed by atoms with Crippen molar-refractivity contribution < 1.29 is 4.79 Å². The molecule has 1 heterocycles. The zero-order chi connectivity index (χ0) is 10.3. The molecule has 1 aromatic rings. The first-order chi connectivity index (χ1) is 6.59. The molecule has 3 nitrogen and oxygen atoms in total. The first-order valence-corrected chi connectivity index (χ1v) is 5.38. The van der Waals surface area contributed by atoms with Gasteiger partial charge in [0.2, 0.25) is 5.91 Å². The average molecular weight is 229 g/mol. The lowest BCUT2D eigenvalue weighted by atomic mass is 10.2. The van der Waals surface area contributed by atoms with Crippen molar-refractivity contribution in [2.24, 2.45) is 5.73 Å². The maximum absolute atomic E-state index is 10.9. The Balaban J connectivity index is 2.44. The van der Waals surface area contributed by atoms with Crippen molar-refractivity contribution >= 4 is 35.0 Å². The van der Waals surface area contributed by atoms with E-state index in [0.29, 0.717) is 5.56 Å². The minimum absolute atomic E-state index is 0.104. The number of nitrogens with zero attached hydrogens (tertiary/aromatic N) is 1. The molecule has 0 radical (unpaired) electrons. The number of rotatable bonds is 1.